The third-order valence-electron chi connectivity index (χ3n) is 5.67. The molecule has 0 aliphatic carbocycles. The summed E-state index contributed by atoms with van der Waals surface area (Å²) in [4.78, 5) is 27.6. The van der Waals surface area contributed by atoms with Crippen LogP contribution in [0.25, 0.3) is 0 Å². The minimum atomic E-state index is -0.693. The van der Waals surface area contributed by atoms with Crippen molar-refractivity contribution < 1.29 is 19.1 Å². The quantitative estimate of drug-likeness (QED) is 0.542. The molecular weight excluding hydrogens is 398 g/mol. The van der Waals surface area contributed by atoms with Crippen molar-refractivity contribution in [3.05, 3.63) is 46.5 Å². The zero-order valence-electron chi connectivity index (χ0n) is 14.9. The van der Waals surface area contributed by atoms with Gasteiger partial charge in [0.05, 0.1) is 31.2 Å². The molecule has 0 aromatic heterocycles. The molecule has 0 radical (unpaired) electrons. The number of carbonyl (C=O) groups is 2. The Morgan fingerprint density at radius 1 is 1.42 bits per heavy atom. The Kier molecular flexibility index (Phi) is 4.43. The van der Waals surface area contributed by atoms with Crippen LogP contribution in [0.15, 0.2) is 40.9 Å². The Balaban J connectivity index is 1.59. The monoisotopic (exact) mass is 419 g/mol. The van der Waals surface area contributed by atoms with Crippen LogP contribution in [0, 0.1) is 11.8 Å². The summed E-state index contributed by atoms with van der Waals surface area (Å²) in [6.45, 7) is 4.81. The molecule has 3 aliphatic heterocycles. The second-order valence-electron chi connectivity index (χ2n) is 7.26. The molecule has 0 saturated carbocycles. The number of hydrogen-bond donors (Lipinski definition) is 0. The zero-order valence-corrected chi connectivity index (χ0v) is 16.4. The molecule has 4 rings (SSSR count). The molecular formula is C20H22BrNO4. The molecule has 1 amide bonds. The molecule has 0 N–H and O–H groups in total. The van der Waals surface area contributed by atoms with Gasteiger partial charge in [0.15, 0.2) is 0 Å². The summed E-state index contributed by atoms with van der Waals surface area (Å²) in [7, 11) is 0. The van der Waals surface area contributed by atoms with E-state index in [0.29, 0.717) is 13.2 Å². The zero-order chi connectivity index (χ0) is 18.5. The Bertz CT molecular complexity index is 762. The SMILES string of the molecule is CCCOC(=O)[C@H]1[C@H]2C(=O)N([C@H](C)c3ccc(Br)cc3)C[C@]23C=C[C@H]1O3. The number of nitrogens with zero attached hydrogens (tertiary/aromatic N) is 1. The van der Waals surface area contributed by atoms with Gasteiger partial charge in [-0.05, 0) is 31.0 Å². The van der Waals surface area contributed by atoms with Crippen LogP contribution in [-0.4, -0.2) is 41.6 Å². The van der Waals surface area contributed by atoms with E-state index in [2.05, 4.69) is 15.9 Å². The Hall–Kier alpha value is -1.66. The number of hydrogen-bond acceptors (Lipinski definition) is 4. The van der Waals surface area contributed by atoms with E-state index in [4.69, 9.17) is 9.47 Å². The van der Waals surface area contributed by atoms with Crippen molar-refractivity contribution >= 4 is 27.8 Å². The van der Waals surface area contributed by atoms with Crippen LogP contribution in [-0.2, 0) is 19.1 Å². The maximum atomic E-state index is 13.2. The number of fused-ring (bicyclic) bond motifs is 1. The Labute approximate surface area is 161 Å². The molecule has 2 saturated heterocycles. The van der Waals surface area contributed by atoms with Crippen LogP contribution in [0.4, 0.5) is 0 Å². The van der Waals surface area contributed by atoms with Gasteiger partial charge in [-0.25, -0.2) is 0 Å². The van der Waals surface area contributed by atoms with Gasteiger partial charge in [0.2, 0.25) is 5.91 Å². The number of esters is 1. The molecule has 1 spiro atoms. The number of rotatable bonds is 5. The standard InChI is InChI=1S/C20H22BrNO4/c1-3-10-25-19(24)16-15-8-9-20(26-15)11-22(18(23)17(16)20)12(2)13-4-6-14(21)7-5-13/h4-9,12,15-17H,3,10-11H2,1-2H3/t12-,15-,16-,17+,20-/m1/s1. The first kappa shape index (κ1) is 17.7. The van der Waals surface area contributed by atoms with Crippen molar-refractivity contribution in [3.8, 4) is 0 Å². The maximum Gasteiger partial charge on any atom is 0.312 e. The molecule has 138 valence electrons. The van der Waals surface area contributed by atoms with Gasteiger partial charge in [0.1, 0.15) is 11.5 Å². The van der Waals surface area contributed by atoms with E-state index in [1.54, 1.807) is 0 Å². The van der Waals surface area contributed by atoms with E-state index in [1.165, 1.54) is 0 Å². The molecule has 3 aliphatic rings. The van der Waals surface area contributed by atoms with E-state index in [9.17, 15) is 9.59 Å². The molecule has 2 fully saturated rings. The van der Waals surface area contributed by atoms with E-state index in [-0.39, 0.29) is 24.0 Å². The van der Waals surface area contributed by atoms with E-state index < -0.39 is 17.4 Å². The largest absolute Gasteiger partial charge is 0.465 e. The van der Waals surface area contributed by atoms with Crippen molar-refractivity contribution in [2.24, 2.45) is 11.8 Å². The van der Waals surface area contributed by atoms with E-state index in [0.717, 1.165) is 16.5 Å². The average Bonchev–Trinajstić information content (AvgIpc) is 3.28. The summed E-state index contributed by atoms with van der Waals surface area (Å²) in [6.07, 6.45) is 4.29. The third-order valence-corrected chi connectivity index (χ3v) is 6.20. The summed E-state index contributed by atoms with van der Waals surface area (Å²) in [5, 5.41) is 0. The lowest BCUT2D eigenvalue weighted by molar-refractivity contribution is -0.154. The highest BCUT2D eigenvalue weighted by atomic mass is 79.9. The molecule has 3 heterocycles. The number of amides is 1. The molecule has 26 heavy (non-hydrogen) atoms. The van der Waals surface area contributed by atoms with Crippen LogP contribution in [0.5, 0.6) is 0 Å². The summed E-state index contributed by atoms with van der Waals surface area (Å²) in [5.41, 5.74) is 0.364. The molecule has 0 unspecified atom stereocenters. The summed E-state index contributed by atoms with van der Waals surface area (Å²) in [6, 6.07) is 7.87. The van der Waals surface area contributed by atoms with Crippen molar-refractivity contribution in [2.45, 2.75) is 38.0 Å². The topological polar surface area (TPSA) is 55.8 Å². The van der Waals surface area contributed by atoms with Crippen molar-refractivity contribution in [3.63, 3.8) is 0 Å². The smallest absolute Gasteiger partial charge is 0.312 e. The highest BCUT2D eigenvalue weighted by Gasteiger charge is 2.67. The first-order valence-electron chi connectivity index (χ1n) is 9.06. The number of benzene rings is 1. The lowest BCUT2D eigenvalue weighted by atomic mass is 9.77. The lowest BCUT2D eigenvalue weighted by Gasteiger charge is -2.27. The summed E-state index contributed by atoms with van der Waals surface area (Å²) >= 11 is 3.44. The second kappa shape index (κ2) is 6.50. The van der Waals surface area contributed by atoms with Gasteiger partial charge in [-0.2, -0.15) is 0 Å². The number of halogens is 1. The lowest BCUT2D eigenvalue weighted by Crippen LogP contribution is -2.40. The molecule has 1 aromatic carbocycles. The molecule has 2 bridgehead atoms. The number of carbonyl (C=O) groups excluding carboxylic acids is 2. The molecule has 6 heteroatoms. The minimum absolute atomic E-state index is 0.0225. The average molecular weight is 420 g/mol. The fourth-order valence-electron chi connectivity index (χ4n) is 4.35. The van der Waals surface area contributed by atoms with Crippen LogP contribution in [0.2, 0.25) is 0 Å². The first-order chi connectivity index (χ1) is 12.5. The van der Waals surface area contributed by atoms with E-state index in [1.807, 2.05) is 55.2 Å². The van der Waals surface area contributed by atoms with Gasteiger partial charge in [-0.15, -0.1) is 0 Å². The molecule has 5 nitrogen and oxygen atoms in total. The van der Waals surface area contributed by atoms with E-state index >= 15 is 0 Å². The number of likely N-dealkylation sites (tertiary alicyclic amines) is 1. The minimum Gasteiger partial charge on any atom is -0.465 e. The highest BCUT2D eigenvalue weighted by Crippen LogP contribution is 2.53. The fraction of sp³-hybridized carbons (Fsp3) is 0.500. The van der Waals surface area contributed by atoms with Gasteiger partial charge in [0, 0.05) is 4.47 Å². The van der Waals surface area contributed by atoms with Crippen LogP contribution in [0.3, 0.4) is 0 Å². The normalized spacial score (nSPS) is 32.8. The molecule has 5 atom stereocenters. The van der Waals surface area contributed by atoms with Crippen molar-refractivity contribution in [1.82, 2.24) is 4.90 Å². The predicted octanol–water partition coefficient (Wildman–Crippen LogP) is 3.25. The van der Waals surface area contributed by atoms with Gasteiger partial charge in [-0.1, -0.05) is 47.1 Å². The van der Waals surface area contributed by atoms with Crippen molar-refractivity contribution in [1.29, 1.82) is 0 Å². The van der Waals surface area contributed by atoms with Crippen LogP contribution < -0.4 is 0 Å². The van der Waals surface area contributed by atoms with Crippen LogP contribution in [0.1, 0.15) is 31.9 Å². The summed E-state index contributed by atoms with van der Waals surface area (Å²) < 4.78 is 12.5. The maximum absolute atomic E-state index is 13.2. The number of ether oxygens (including phenoxy) is 2. The van der Waals surface area contributed by atoms with Gasteiger partial charge in [0.25, 0.3) is 0 Å². The Morgan fingerprint density at radius 2 is 2.15 bits per heavy atom. The summed E-state index contributed by atoms with van der Waals surface area (Å²) in [5.74, 6) is -1.37. The van der Waals surface area contributed by atoms with Gasteiger partial charge >= 0.3 is 5.97 Å². The molecule has 1 aromatic rings. The fourth-order valence-corrected chi connectivity index (χ4v) is 4.61. The van der Waals surface area contributed by atoms with Gasteiger partial charge < -0.3 is 14.4 Å². The Morgan fingerprint density at radius 3 is 2.85 bits per heavy atom. The predicted molar refractivity (Wildman–Crippen MR) is 99.2 cm³/mol. The second-order valence-corrected chi connectivity index (χ2v) is 8.18. The van der Waals surface area contributed by atoms with Gasteiger partial charge in [-0.3, -0.25) is 9.59 Å². The first-order valence-corrected chi connectivity index (χ1v) is 9.86. The third kappa shape index (κ3) is 2.62. The highest BCUT2D eigenvalue weighted by molar-refractivity contribution is 9.10. The van der Waals surface area contributed by atoms with Crippen LogP contribution >= 0.6 is 15.9 Å². The van der Waals surface area contributed by atoms with Crippen molar-refractivity contribution in [2.75, 3.05) is 13.2 Å².